The van der Waals surface area contributed by atoms with Crippen molar-refractivity contribution < 1.29 is 51.7 Å². The molecule has 1 atom stereocenters. The van der Waals surface area contributed by atoms with Crippen molar-refractivity contribution in [3.05, 3.63) is 0 Å². The first-order valence-corrected chi connectivity index (χ1v) is 22.1. The van der Waals surface area contributed by atoms with Crippen LogP contribution in [0.3, 0.4) is 0 Å². The number of hydrogen-bond donors (Lipinski definition) is 1. The Balaban J connectivity index is 2.97. The number of aliphatic hydroxyl groups excluding tert-OH is 1. The summed E-state index contributed by atoms with van der Waals surface area (Å²) in [5, 5.41) is 11.1. The fourth-order valence-electron chi connectivity index (χ4n) is 6.31. The Morgan fingerprint density at radius 2 is 0.943 bits per heavy atom. The van der Waals surface area contributed by atoms with E-state index in [1.54, 1.807) is 0 Å². The number of rotatable bonds is 26. The quantitative estimate of drug-likeness (QED) is 0.0594. The maximum atomic E-state index is 12.3. The molecule has 1 aliphatic heterocycles. The van der Waals surface area contributed by atoms with Crippen LogP contribution in [-0.4, -0.2) is 189 Å². The van der Waals surface area contributed by atoms with Gasteiger partial charge in [0.25, 0.3) is 0 Å². The predicted octanol–water partition coefficient (Wildman–Crippen LogP) is 2.66. The number of aliphatic hydroxyl groups is 1. The van der Waals surface area contributed by atoms with Gasteiger partial charge >= 0.3 is 26.7 Å². The highest BCUT2D eigenvalue weighted by Gasteiger charge is 2.39. The lowest BCUT2D eigenvalue weighted by atomic mass is 10.2. The number of hydrogen-bond acceptors (Lipinski definition) is 15. The van der Waals surface area contributed by atoms with Crippen LogP contribution in [0.2, 0.25) is 6.04 Å². The first kappa shape index (κ1) is 49.3. The van der Waals surface area contributed by atoms with Gasteiger partial charge in [0.15, 0.2) is 0 Å². The number of esters is 3. The molecule has 0 radical (unpaired) electrons. The van der Waals surface area contributed by atoms with E-state index in [9.17, 15) is 19.5 Å². The van der Waals surface area contributed by atoms with Crippen LogP contribution in [0.25, 0.3) is 0 Å². The first-order valence-electron chi connectivity index (χ1n) is 20.2. The van der Waals surface area contributed by atoms with Gasteiger partial charge in [-0.3, -0.25) is 19.3 Å². The largest absolute Gasteiger partial charge is 0.501 e. The zero-order valence-electron chi connectivity index (χ0n) is 34.0. The maximum Gasteiger partial charge on any atom is 0.501 e. The third kappa shape index (κ3) is 24.4. The van der Waals surface area contributed by atoms with Gasteiger partial charge in [-0.1, -0.05) is 0 Å². The van der Waals surface area contributed by atoms with E-state index in [1.165, 1.54) is 0 Å². The summed E-state index contributed by atoms with van der Waals surface area (Å²) in [6, 6.07) is 0.655. The van der Waals surface area contributed by atoms with Crippen LogP contribution < -0.4 is 0 Å². The summed E-state index contributed by atoms with van der Waals surface area (Å²) in [7, 11) is -2.74. The molecule has 1 aliphatic rings. The number of ether oxygens (including phenoxy) is 4. The molecule has 0 aromatic carbocycles. The molecule has 1 N–H and O–H groups in total. The normalized spacial score (nSPS) is 17.3. The van der Waals surface area contributed by atoms with Gasteiger partial charge in [0.2, 0.25) is 0 Å². The molecule has 1 unspecified atom stereocenters. The molecule has 0 bridgehead atoms. The van der Waals surface area contributed by atoms with Gasteiger partial charge in [-0.15, -0.1) is 0 Å². The Morgan fingerprint density at radius 1 is 0.566 bits per heavy atom. The molecule has 0 aliphatic carbocycles. The molecule has 0 spiro atoms. The second kappa shape index (κ2) is 31.5. The minimum atomic E-state index is -2.74. The van der Waals surface area contributed by atoms with E-state index >= 15 is 0 Å². The van der Waals surface area contributed by atoms with E-state index < -0.39 is 14.9 Å². The predicted molar refractivity (Wildman–Crippen MR) is 206 cm³/mol. The van der Waals surface area contributed by atoms with Crippen LogP contribution in [0.5, 0.6) is 0 Å². The average Bonchev–Trinajstić information content (AvgIpc) is 3.12. The van der Waals surface area contributed by atoms with Crippen molar-refractivity contribution >= 4 is 26.7 Å². The second-order valence-electron chi connectivity index (χ2n) is 13.0. The number of β-amino-alcohol motifs (C(OH)–C–C–N with tert-alkyl or cyclic N) is 1. The molecule has 312 valence electrons. The number of carbonyl (C=O) groups is 3. The van der Waals surface area contributed by atoms with Crippen LogP contribution in [-0.2, 0) is 46.6 Å². The minimum absolute atomic E-state index is 0.205. The Kier molecular flexibility index (Phi) is 29.3. The van der Waals surface area contributed by atoms with Crippen molar-refractivity contribution in [1.29, 1.82) is 0 Å². The lowest BCUT2D eigenvalue weighted by Gasteiger charge is -2.32. The van der Waals surface area contributed by atoms with Crippen LogP contribution in [0.1, 0.15) is 80.1 Å². The van der Waals surface area contributed by atoms with Crippen molar-refractivity contribution in [2.45, 2.75) is 92.2 Å². The molecule has 0 aromatic rings. The van der Waals surface area contributed by atoms with Crippen LogP contribution in [0.15, 0.2) is 0 Å². The summed E-state index contributed by atoms with van der Waals surface area (Å²) < 4.78 is 39.4. The van der Waals surface area contributed by atoms with Crippen molar-refractivity contribution in [2.75, 3.05) is 131 Å². The van der Waals surface area contributed by atoms with Crippen molar-refractivity contribution in [3.63, 3.8) is 0 Å². The Bertz CT molecular complexity index is 937. The minimum Gasteiger partial charge on any atom is -0.466 e. The maximum absolute atomic E-state index is 12.3. The van der Waals surface area contributed by atoms with Gasteiger partial charge in [-0.2, -0.15) is 0 Å². The lowest BCUT2D eigenvalue weighted by molar-refractivity contribution is -0.144. The molecule has 1 saturated heterocycles. The standard InChI is InChI=1S/C37H74N4O11Si/c1-7-47-35(43)16-23-38-19-13-20-40(25-18-37(45)49-9-3)28-29-41(22-14-21-39(27-26-38)24-17-36(44)48-8-2)32-34(42)33-46-30-15-31-53(50-10-4,51-11-5)52-12-6/h34,42H,7-33H2,1-6H3. The van der Waals surface area contributed by atoms with E-state index in [2.05, 4.69) is 19.6 Å². The van der Waals surface area contributed by atoms with Crippen molar-refractivity contribution in [1.82, 2.24) is 19.6 Å². The highest BCUT2D eigenvalue weighted by atomic mass is 28.4. The van der Waals surface area contributed by atoms with E-state index in [1.807, 2.05) is 41.5 Å². The molecule has 0 aromatic heterocycles. The van der Waals surface area contributed by atoms with Crippen LogP contribution in [0, 0.1) is 0 Å². The van der Waals surface area contributed by atoms with Gasteiger partial charge in [-0.25, -0.2) is 0 Å². The lowest BCUT2D eigenvalue weighted by Crippen LogP contribution is -2.46. The smallest absolute Gasteiger partial charge is 0.466 e. The molecule has 53 heavy (non-hydrogen) atoms. The summed E-state index contributed by atoms with van der Waals surface area (Å²) in [5.74, 6) is -0.623. The fourth-order valence-corrected chi connectivity index (χ4v) is 8.89. The van der Waals surface area contributed by atoms with E-state index in [0.29, 0.717) is 111 Å². The van der Waals surface area contributed by atoms with Gasteiger partial charge in [0, 0.05) is 84.8 Å². The zero-order valence-corrected chi connectivity index (χ0v) is 35.0. The number of carbonyl (C=O) groups excluding carboxylic acids is 3. The second-order valence-corrected chi connectivity index (χ2v) is 15.7. The highest BCUT2D eigenvalue weighted by Crippen LogP contribution is 2.18. The van der Waals surface area contributed by atoms with Gasteiger partial charge in [-0.05, 0) is 87.0 Å². The first-order chi connectivity index (χ1) is 25.6. The summed E-state index contributed by atoms with van der Waals surface area (Å²) in [5.41, 5.74) is 0. The molecule has 0 saturated carbocycles. The van der Waals surface area contributed by atoms with Crippen LogP contribution in [0.4, 0.5) is 0 Å². The third-order valence-corrected chi connectivity index (χ3v) is 12.0. The van der Waals surface area contributed by atoms with Gasteiger partial charge < -0.3 is 52.0 Å². The Hall–Kier alpha value is -1.73. The summed E-state index contributed by atoms with van der Waals surface area (Å²) in [6.07, 6.45) is 2.66. The zero-order chi connectivity index (χ0) is 39.2. The SMILES string of the molecule is CCOC(=O)CCN1CCCN(CCC(=O)OCC)CCN(CC(O)COCCC[Si](OCC)(OCC)OCC)CCCN(CCC(=O)OCC)CC1. The van der Waals surface area contributed by atoms with Gasteiger partial charge in [0.05, 0.1) is 51.8 Å². The topological polar surface area (TPSA) is 149 Å². The molecule has 1 fully saturated rings. The molecule has 1 rings (SSSR count). The average molecular weight is 779 g/mol. The Morgan fingerprint density at radius 3 is 1.32 bits per heavy atom. The molecular formula is C37H74N4O11Si. The van der Waals surface area contributed by atoms with Gasteiger partial charge in [0.1, 0.15) is 0 Å². The molecule has 1 heterocycles. The fraction of sp³-hybridized carbons (Fsp3) is 0.919. The Labute approximate surface area is 321 Å². The van der Waals surface area contributed by atoms with E-state index in [4.69, 9.17) is 32.2 Å². The molecule has 0 amide bonds. The van der Waals surface area contributed by atoms with Crippen molar-refractivity contribution in [3.8, 4) is 0 Å². The van der Waals surface area contributed by atoms with E-state index in [0.717, 1.165) is 58.7 Å². The van der Waals surface area contributed by atoms with Crippen LogP contribution >= 0.6 is 0 Å². The summed E-state index contributed by atoms with van der Waals surface area (Å²) in [6.45, 7) is 22.8. The summed E-state index contributed by atoms with van der Waals surface area (Å²) in [4.78, 5) is 45.8. The monoisotopic (exact) mass is 779 g/mol. The van der Waals surface area contributed by atoms with E-state index in [-0.39, 0.29) is 24.5 Å². The van der Waals surface area contributed by atoms with Crippen molar-refractivity contribution in [2.24, 2.45) is 0 Å². The molecule has 16 heteroatoms. The molecular weight excluding hydrogens is 705 g/mol. The highest BCUT2D eigenvalue weighted by molar-refractivity contribution is 6.60. The summed E-state index contributed by atoms with van der Waals surface area (Å²) >= 11 is 0. The molecule has 15 nitrogen and oxygen atoms in total. The number of nitrogens with zero attached hydrogens (tertiary/aromatic N) is 4. The third-order valence-electron chi connectivity index (χ3n) is 8.82.